The monoisotopic (exact) mass is 216 g/mol. The van der Waals surface area contributed by atoms with Crippen LogP contribution in [0.25, 0.3) is 0 Å². The zero-order chi connectivity index (χ0) is 11.8. The van der Waals surface area contributed by atoms with E-state index in [0.29, 0.717) is 5.92 Å². The van der Waals surface area contributed by atoms with Crippen molar-refractivity contribution in [3.63, 3.8) is 0 Å². The van der Waals surface area contributed by atoms with Crippen molar-refractivity contribution in [3.05, 3.63) is 41.5 Å². The number of benzene rings is 1. The van der Waals surface area contributed by atoms with Crippen LogP contribution >= 0.6 is 0 Å². The summed E-state index contributed by atoms with van der Waals surface area (Å²) in [5, 5.41) is 0. The third-order valence-electron chi connectivity index (χ3n) is 3.10. The van der Waals surface area contributed by atoms with Crippen LogP contribution in [0.5, 0.6) is 5.75 Å². The molecule has 0 unspecified atom stereocenters. The number of fused-ring (bicyclic) bond motifs is 1. The van der Waals surface area contributed by atoms with E-state index in [1.807, 2.05) is 6.07 Å². The van der Waals surface area contributed by atoms with Gasteiger partial charge in [0.25, 0.3) is 0 Å². The Kier molecular flexibility index (Phi) is 2.79. The summed E-state index contributed by atoms with van der Waals surface area (Å²) in [7, 11) is 0. The first kappa shape index (κ1) is 11.3. The summed E-state index contributed by atoms with van der Waals surface area (Å²) >= 11 is 0. The molecule has 0 amide bonds. The highest BCUT2D eigenvalue weighted by molar-refractivity contribution is 5.39. The van der Waals surface area contributed by atoms with Crippen LogP contribution in [-0.4, -0.2) is 5.60 Å². The van der Waals surface area contributed by atoms with Gasteiger partial charge in [-0.05, 0) is 50.8 Å². The Hall–Kier alpha value is -1.24. The lowest BCUT2D eigenvalue weighted by Gasteiger charge is -2.37. The molecule has 0 saturated carbocycles. The molecule has 2 rings (SSSR count). The highest BCUT2D eigenvalue weighted by Crippen LogP contribution is 2.41. The van der Waals surface area contributed by atoms with Crippen LogP contribution < -0.4 is 4.74 Å². The fourth-order valence-corrected chi connectivity index (χ4v) is 2.69. The third kappa shape index (κ3) is 2.13. The molecule has 0 bridgehead atoms. The second-order valence-corrected chi connectivity index (χ2v) is 5.28. The van der Waals surface area contributed by atoms with Gasteiger partial charge in [-0.25, -0.2) is 0 Å². The quantitative estimate of drug-likeness (QED) is 0.636. The standard InChI is InChI=1S/C15H20O/c1-11(2)9-15(4)10-12(3)13-7-5-6-8-14(13)16-15/h5-9,12H,10H2,1-4H3/t12-,15+/m0/s1. The van der Waals surface area contributed by atoms with E-state index >= 15 is 0 Å². The fourth-order valence-electron chi connectivity index (χ4n) is 2.69. The van der Waals surface area contributed by atoms with Gasteiger partial charge in [-0.3, -0.25) is 0 Å². The summed E-state index contributed by atoms with van der Waals surface area (Å²) in [6, 6.07) is 8.37. The maximum absolute atomic E-state index is 6.12. The van der Waals surface area contributed by atoms with Crippen LogP contribution in [0.15, 0.2) is 35.9 Å². The molecule has 2 atom stereocenters. The molecule has 0 radical (unpaired) electrons. The normalized spacial score (nSPS) is 27.9. The largest absolute Gasteiger partial charge is 0.483 e. The van der Waals surface area contributed by atoms with E-state index in [0.717, 1.165) is 12.2 Å². The van der Waals surface area contributed by atoms with Crippen molar-refractivity contribution < 1.29 is 4.74 Å². The summed E-state index contributed by atoms with van der Waals surface area (Å²) in [5.74, 6) is 1.60. The molecule has 16 heavy (non-hydrogen) atoms. The number of allylic oxidation sites excluding steroid dienone is 1. The molecule has 1 aliphatic heterocycles. The van der Waals surface area contributed by atoms with Gasteiger partial charge in [-0.2, -0.15) is 0 Å². The van der Waals surface area contributed by atoms with Gasteiger partial charge in [-0.15, -0.1) is 0 Å². The van der Waals surface area contributed by atoms with Crippen LogP contribution in [0, 0.1) is 0 Å². The average molecular weight is 216 g/mol. The van der Waals surface area contributed by atoms with E-state index in [1.165, 1.54) is 11.1 Å². The van der Waals surface area contributed by atoms with Gasteiger partial charge in [0, 0.05) is 0 Å². The molecular weight excluding hydrogens is 196 g/mol. The molecule has 1 aliphatic rings. The van der Waals surface area contributed by atoms with Crippen LogP contribution in [0.4, 0.5) is 0 Å². The smallest absolute Gasteiger partial charge is 0.125 e. The Morgan fingerprint density at radius 2 is 2.06 bits per heavy atom. The van der Waals surface area contributed by atoms with Crippen molar-refractivity contribution in [2.24, 2.45) is 0 Å². The van der Waals surface area contributed by atoms with E-state index in [1.54, 1.807) is 0 Å². The molecule has 1 nitrogen and oxygen atoms in total. The Balaban J connectivity index is 2.37. The van der Waals surface area contributed by atoms with Gasteiger partial charge in [0.2, 0.25) is 0 Å². The van der Waals surface area contributed by atoms with Crippen LogP contribution in [0.3, 0.4) is 0 Å². The molecule has 86 valence electrons. The minimum Gasteiger partial charge on any atom is -0.483 e. The van der Waals surface area contributed by atoms with Gasteiger partial charge in [0.15, 0.2) is 0 Å². The molecule has 0 aromatic heterocycles. The first-order valence-electron chi connectivity index (χ1n) is 5.94. The minimum atomic E-state index is -0.146. The van der Waals surface area contributed by atoms with Crippen molar-refractivity contribution >= 4 is 0 Å². The van der Waals surface area contributed by atoms with Crippen LogP contribution in [0.2, 0.25) is 0 Å². The molecular formula is C15H20O. The number of hydrogen-bond donors (Lipinski definition) is 0. The summed E-state index contributed by atoms with van der Waals surface area (Å²) < 4.78 is 6.12. The second-order valence-electron chi connectivity index (χ2n) is 5.28. The molecule has 1 heteroatoms. The summed E-state index contributed by atoms with van der Waals surface area (Å²) in [5.41, 5.74) is 2.50. The highest BCUT2D eigenvalue weighted by atomic mass is 16.5. The lowest BCUT2D eigenvalue weighted by atomic mass is 9.84. The number of hydrogen-bond acceptors (Lipinski definition) is 1. The van der Waals surface area contributed by atoms with Gasteiger partial charge in [0.05, 0.1) is 0 Å². The SMILES string of the molecule is CC(C)=C[C@]1(C)C[C@H](C)c2ccccc2O1. The van der Waals surface area contributed by atoms with Crippen molar-refractivity contribution in [2.75, 3.05) is 0 Å². The molecule has 1 aromatic carbocycles. The summed E-state index contributed by atoms with van der Waals surface area (Å²) in [4.78, 5) is 0. The third-order valence-corrected chi connectivity index (χ3v) is 3.10. The maximum atomic E-state index is 6.12. The van der Waals surface area contributed by atoms with Crippen molar-refractivity contribution in [2.45, 2.75) is 45.6 Å². The molecule has 0 N–H and O–H groups in total. The van der Waals surface area contributed by atoms with Gasteiger partial charge in [-0.1, -0.05) is 30.7 Å². The zero-order valence-corrected chi connectivity index (χ0v) is 10.6. The number of rotatable bonds is 1. The Morgan fingerprint density at radius 3 is 2.75 bits per heavy atom. The fraction of sp³-hybridized carbons (Fsp3) is 0.467. The first-order chi connectivity index (χ1) is 7.50. The van der Waals surface area contributed by atoms with Crippen LogP contribution in [-0.2, 0) is 0 Å². The summed E-state index contributed by atoms with van der Waals surface area (Å²) in [6.07, 6.45) is 3.29. The first-order valence-corrected chi connectivity index (χ1v) is 5.94. The van der Waals surface area contributed by atoms with Crippen molar-refractivity contribution in [1.29, 1.82) is 0 Å². The average Bonchev–Trinajstić information content (AvgIpc) is 2.15. The van der Waals surface area contributed by atoms with E-state index < -0.39 is 0 Å². The predicted molar refractivity (Wildman–Crippen MR) is 67.9 cm³/mol. The zero-order valence-electron chi connectivity index (χ0n) is 10.6. The molecule has 0 fully saturated rings. The van der Waals surface area contributed by atoms with Gasteiger partial charge < -0.3 is 4.74 Å². The number of ether oxygens (including phenoxy) is 1. The Bertz CT molecular complexity index is 415. The lowest BCUT2D eigenvalue weighted by molar-refractivity contribution is 0.103. The van der Waals surface area contributed by atoms with Gasteiger partial charge in [0.1, 0.15) is 11.4 Å². The Labute approximate surface area is 98.1 Å². The van der Waals surface area contributed by atoms with E-state index in [9.17, 15) is 0 Å². The summed E-state index contributed by atoms with van der Waals surface area (Å²) in [6.45, 7) is 8.70. The highest BCUT2D eigenvalue weighted by Gasteiger charge is 2.33. The topological polar surface area (TPSA) is 9.23 Å². The van der Waals surface area contributed by atoms with Crippen molar-refractivity contribution in [1.82, 2.24) is 0 Å². The van der Waals surface area contributed by atoms with Crippen molar-refractivity contribution in [3.8, 4) is 5.75 Å². The molecule has 0 spiro atoms. The molecule has 0 aliphatic carbocycles. The Morgan fingerprint density at radius 1 is 1.38 bits per heavy atom. The maximum Gasteiger partial charge on any atom is 0.125 e. The minimum absolute atomic E-state index is 0.146. The van der Waals surface area contributed by atoms with Crippen LogP contribution in [0.1, 0.15) is 45.6 Å². The van der Waals surface area contributed by atoms with Gasteiger partial charge >= 0.3 is 0 Å². The molecule has 1 heterocycles. The van der Waals surface area contributed by atoms with E-state index in [-0.39, 0.29) is 5.60 Å². The number of para-hydroxylation sites is 1. The lowest BCUT2D eigenvalue weighted by Crippen LogP contribution is -2.35. The molecule has 0 saturated heterocycles. The predicted octanol–water partition coefficient (Wildman–Crippen LogP) is 4.30. The molecule has 1 aromatic rings. The van der Waals surface area contributed by atoms with E-state index in [2.05, 4.69) is 52.0 Å². The van der Waals surface area contributed by atoms with E-state index in [4.69, 9.17) is 4.74 Å². The second kappa shape index (κ2) is 3.97.